The highest BCUT2D eigenvalue weighted by molar-refractivity contribution is 5.90. The van der Waals surface area contributed by atoms with Gasteiger partial charge in [0, 0.05) is 13.5 Å². The first-order valence-corrected chi connectivity index (χ1v) is 6.78. The molecule has 0 fully saturated rings. The molecule has 0 aliphatic heterocycles. The van der Waals surface area contributed by atoms with Crippen molar-refractivity contribution >= 4 is 22.8 Å². The van der Waals surface area contributed by atoms with Crippen molar-refractivity contribution in [1.82, 2.24) is 14.5 Å². The monoisotopic (exact) mass is 280 g/mol. The zero-order chi connectivity index (χ0) is 14.8. The summed E-state index contributed by atoms with van der Waals surface area (Å²) in [6, 6.07) is 12.1. The number of rotatable bonds is 3. The van der Waals surface area contributed by atoms with E-state index in [0.29, 0.717) is 11.3 Å². The Bertz CT molecular complexity index is 793. The van der Waals surface area contributed by atoms with Crippen LogP contribution in [0.25, 0.3) is 11.2 Å². The lowest BCUT2D eigenvalue weighted by Gasteiger charge is -2.08. The van der Waals surface area contributed by atoms with Crippen LogP contribution in [0.15, 0.2) is 42.6 Å². The smallest absolute Gasteiger partial charge is 0.221 e. The molecule has 3 rings (SSSR count). The molecule has 0 bridgehead atoms. The van der Waals surface area contributed by atoms with Crippen LogP contribution in [0, 0.1) is 6.92 Å². The molecule has 0 aliphatic rings. The zero-order valence-electron chi connectivity index (χ0n) is 12.0. The van der Waals surface area contributed by atoms with E-state index in [1.54, 1.807) is 6.20 Å². The van der Waals surface area contributed by atoms with E-state index in [1.807, 2.05) is 31.2 Å². The summed E-state index contributed by atoms with van der Waals surface area (Å²) in [6.07, 6.45) is 1.63. The number of hydrogen-bond acceptors (Lipinski definition) is 3. The first kappa shape index (κ1) is 13.3. The second kappa shape index (κ2) is 5.36. The third kappa shape index (κ3) is 2.76. The molecular weight excluding hydrogens is 264 g/mol. The molecule has 1 aromatic carbocycles. The second-order valence-corrected chi connectivity index (χ2v) is 4.98. The quantitative estimate of drug-likeness (QED) is 0.802. The molecule has 5 nitrogen and oxygen atoms in total. The lowest BCUT2D eigenvalue weighted by atomic mass is 10.2. The van der Waals surface area contributed by atoms with Crippen molar-refractivity contribution in [3.8, 4) is 0 Å². The molecule has 0 saturated carbocycles. The summed E-state index contributed by atoms with van der Waals surface area (Å²) in [5, 5.41) is 2.75. The predicted molar refractivity (Wildman–Crippen MR) is 82.1 cm³/mol. The second-order valence-electron chi connectivity index (χ2n) is 4.98. The maximum Gasteiger partial charge on any atom is 0.221 e. The summed E-state index contributed by atoms with van der Waals surface area (Å²) in [7, 11) is 0. The largest absolute Gasteiger partial charge is 0.325 e. The summed E-state index contributed by atoms with van der Waals surface area (Å²) >= 11 is 0. The third-order valence-corrected chi connectivity index (χ3v) is 3.30. The molecule has 0 radical (unpaired) electrons. The van der Waals surface area contributed by atoms with Crippen LogP contribution in [-0.2, 0) is 11.3 Å². The number of nitrogens with one attached hydrogen (secondary N) is 1. The lowest BCUT2D eigenvalue weighted by molar-refractivity contribution is -0.114. The van der Waals surface area contributed by atoms with Crippen LogP contribution >= 0.6 is 0 Å². The highest BCUT2D eigenvalue weighted by Gasteiger charge is 2.10. The zero-order valence-corrected chi connectivity index (χ0v) is 12.0. The van der Waals surface area contributed by atoms with Crippen LogP contribution in [-0.4, -0.2) is 20.4 Å². The Kier molecular flexibility index (Phi) is 3.39. The van der Waals surface area contributed by atoms with Gasteiger partial charge in [-0.15, -0.1) is 0 Å². The fraction of sp³-hybridized carbons (Fsp3) is 0.188. The predicted octanol–water partition coefficient (Wildman–Crippen LogP) is 2.75. The van der Waals surface area contributed by atoms with E-state index in [0.717, 1.165) is 17.9 Å². The molecule has 5 heteroatoms. The minimum absolute atomic E-state index is 0.109. The van der Waals surface area contributed by atoms with Gasteiger partial charge in [-0.05, 0) is 18.6 Å². The number of aryl methyl sites for hydroxylation is 1. The number of imidazole rings is 1. The Balaban J connectivity index is 2.04. The molecule has 0 spiro atoms. The van der Waals surface area contributed by atoms with Gasteiger partial charge in [-0.2, -0.15) is 0 Å². The summed E-state index contributed by atoms with van der Waals surface area (Å²) in [4.78, 5) is 19.9. The fourth-order valence-electron chi connectivity index (χ4n) is 2.36. The van der Waals surface area contributed by atoms with E-state index in [-0.39, 0.29) is 5.91 Å². The third-order valence-electron chi connectivity index (χ3n) is 3.30. The average molecular weight is 280 g/mol. The summed E-state index contributed by atoms with van der Waals surface area (Å²) in [5.41, 5.74) is 3.49. The number of carbonyl (C=O) groups excluding carboxylic acids is 1. The Labute approximate surface area is 122 Å². The standard InChI is InChI=1S/C16H16N4O/c1-11-18-16-15(8-14(9-17-16)19-12(2)21)20(11)10-13-6-4-3-5-7-13/h3-9H,10H2,1-2H3,(H,19,21). The van der Waals surface area contributed by atoms with Gasteiger partial charge >= 0.3 is 0 Å². The maximum atomic E-state index is 11.2. The molecule has 21 heavy (non-hydrogen) atoms. The van der Waals surface area contributed by atoms with E-state index in [2.05, 4.69) is 32.0 Å². The number of amides is 1. The minimum atomic E-state index is -0.109. The molecule has 0 saturated heterocycles. The summed E-state index contributed by atoms with van der Waals surface area (Å²) in [5.74, 6) is 0.795. The van der Waals surface area contributed by atoms with Crippen LogP contribution in [0.2, 0.25) is 0 Å². The van der Waals surface area contributed by atoms with Crippen LogP contribution in [0.1, 0.15) is 18.3 Å². The Morgan fingerprint density at radius 2 is 2.05 bits per heavy atom. The molecule has 0 atom stereocenters. The van der Waals surface area contributed by atoms with Crippen molar-refractivity contribution in [2.24, 2.45) is 0 Å². The molecule has 0 unspecified atom stereocenters. The molecule has 2 heterocycles. The Hall–Kier alpha value is -2.69. The van der Waals surface area contributed by atoms with Gasteiger partial charge < -0.3 is 9.88 Å². The SMILES string of the molecule is CC(=O)Nc1cnc2nc(C)n(Cc3ccccc3)c2c1. The van der Waals surface area contributed by atoms with Crippen molar-refractivity contribution in [2.75, 3.05) is 5.32 Å². The molecule has 0 aliphatic carbocycles. The summed E-state index contributed by atoms with van der Waals surface area (Å²) in [6.45, 7) is 4.17. The first-order valence-electron chi connectivity index (χ1n) is 6.78. The van der Waals surface area contributed by atoms with Gasteiger partial charge in [0.25, 0.3) is 0 Å². The normalized spacial score (nSPS) is 10.8. The maximum absolute atomic E-state index is 11.2. The molecule has 2 aromatic heterocycles. The van der Waals surface area contributed by atoms with Crippen molar-refractivity contribution in [3.63, 3.8) is 0 Å². The van der Waals surface area contributed by atoms with Crippen molar-refractivity contribution < 1.29 is 4.79 Å². The molecule has 1 amide bonds. The average Bonchev–Trinajstić information content (AvgIpc) is 2.76. The topological polar surface area (TPSA) is 59.8 Å². The van der Waals surface area contributed by atoms with Gasteiger partial charge in [-0.1, -0.05) is 30.3 Å². The molecule has 1 N–H and O–H groups in total. The number of hydrogen-bond donors (Lipinski definition) is 1. The molecule has 106 valence electrons. The van der Waals surface area contributed by atoms with Crippen LogP contribution < -0.4 is 5.32 Å². The van der Waals surface area contributed by atoms with E-state index in [4.69, 9.17) is 0 Å². The Morgan fingerprint density at radius 1 is 1.29 bits per heavy atom. The van der Waals surface area contributed by atoms with Gasteiger partial charge in [0.1, 0.15) is 5.82 Å². The van der Waals surface area contributed by atoms with Gasteiger partial charge in [0.2, 0.25) is 5.91 Å². The minimum Gasteiger partial charge on any atom is -0.325 e. The van der Waals surface area contributed by atoms with Crippen LogP contribution in [0.4, 0.5) is 5.69 Å². The number of anilines is 1. The number of benzene rings is 1. The van der Waals surface area contributed by atoms with Crippen molar-refractivity contribution in [2.45, 2.75) is 20.4 Å². The summed E-state index contributed by atoms with van der Waals surface area (Å²) < 4.78 is 2.10. The van der Waals surface area contributed by atoms with Crippen molar-refractivity contribution in [3.05, 3.63) is 54.0 Å². The van der Waals surface area contributed by atoms with Crippen LogP contribution in [0.3, 0.4) is 0 Å². The highest BCUT2D eigenvalue weighted by Crippen LogP contribution is 2.19. The molecular formula is C16H16N4O. The van der Waals surface area contributed by atoms with E-state index in [9.17, 15) is 4.79 Å². The number of carbonyl (C=O) groups is 1. The highest BCUT2D eigenvalue weighted by atomic mass is 16.1. The van der Waals surface area contributed by atoms with E-state index in [1.165, 1.54) is 12.5 Å². The number of nitrogens with zero attached hydrogens (tertiary/aromatic N) is 3. The van der Waals surface area contributed by atoms with E-state index >= 15 is 0 Å². The van der Waals surface area contributed by atoms with Gasteiger partial charge in [-0.25, -0.2) is 9.97 Å². The van der Waals surface area contributed by atoms with Gasteiger partial charge in [0.15, 0.2) is 5.65 Å². The number of aromatic nitrogens is 3. The number of fused-ring (bicyclic) bond motifs is 1. The lowest BCUT2D eigenvalue weighted by Crippen LogP contribution is -2.06. The van der Waals surface area contributed by atoms with E-state index < -0.39 is 0 Å². The molecule has 3 aromatic rings. The van der Waals surface area contributed by atoms with Gasteiger partial charge in [-0.3, -0.25) is 4.79 Å². The van der Waals surface area contributed by atoms with Crippen molar-refractivity contribution in [1.29, 1.82) is 0 Å². The number of pyridine rings is 1. The van der Waals surface area contributed by atoms with Crippen LogP contribution in [0.5, 0.6) is 0 Å². The fourth-order valence-corrected chi connectivity index (χ4v) is 2.36. The first-order chi connectivity index (χ1) is 10.1. The van der Waals surface area contributed by atoms with Gasteiger partial charge in [0.05, 0.1) is 17.4 Å². The Morgan fingerprint density at radius 3 is 2.76 bits per heavy atom.